The lowest BCUT2D eigenvalue weighted by atomic mass is 10.3. The summed E-state index contributed by atoms with van der Waals surface area (Å²) >= 11 is 0. The van der Waals surface area contributed by atoms with Crippen molar-refractivity contribution >= 4 is 46.7 Å². The number of imidazole rings is 1. The van der Waals surface area contributed by atoms with Crippen molar-refractivity contribution in [1.29, 1.82) is 0 Å². The number of urea groups is 1. The Balaban J connectivity index is 0.000000131. The summed E-state index contributed by atoms with van der Waals surface area (Å²) in [6.45, 7) is 0. The van der Waals surface area contributed by atoms with Gasteiger partial charge < -0.3 is 16.5 Å². The third-order valence-corrected chi connectivity index (χ3v) is 2.58. The number of aromatic nitrogens is 4. The van der Waals surface area contributed by atoms with E-state index in [2.05, 4.69) is 39.9 Å². The maximum absolute atomic E-state index is 10.7. The van der Waals surface area contributed by atoms with E-state index < -0.39 is 11.7 Å². The highest BCUT2D eigenvalue weighted by Crippen LogP contribution is 2.07. The molecule has 2 aromatic rings. The first-order valence-corrected chi connectivity index (χ1v) is 5.81. The van der Waals surface area contributed by atoms with E-state index in [4.69, 9.17) is 11.5 Å². The largest absolute Gasteiger partial charge is 0.383 e. The van der Waals surface area contributed by atoms with Crippen LogP contribution in [0.15, 0.2) is 31.1 Å². The number of aromatic amines is 2. The van der Waals surface area contributed by atoms with Crippen molar-refractivity contribution in [3.05, 3.63) is 16.8 Å². The second kappa shape index (κ2) is 5.01. The molecule has 4 rings (SSSR count). The van der Waals surface area contributed by atoms with Crippen LogP contribution in [0.1, 0.15) is 0 Å². The van der Waals surface area contributed by atoms with Crippen molar-refractivity contribution < 1.29 is 4.79 Å². The van der Waals surface area contributed by atoms with Gasteiger partial charge in [-0.3, -0.25) is 4.98 Å². The molecule has 6 N–H and O–H groups in total. The van der Waals surface area contributed by atoms with E-state index >= 15 is 0 Å². The molecule has 12 heteroatoms. The Labute approximate surface area is 120 Å². The molecule has 0 bridgehead atoms. The van der Waals surface area contributed by atoms with Crippen LogP contribution in [0.4, 0.5) is 10.6 Å². The zero-order valence-corrected chi connectivity index (χ0v) is 10.8. The molecule has 12 nitrogen and oxygen atoms in total. The van der Waals surface area contributed by atoms with Crippen LogP contribution in [0, 0.1) is 0 Å². The van der Waals surface area contributed by atoms with Crippen molar-refractivity contribution in [2.75, 3.05) is 5.73 Å². The third-order valence-electron chi connectivity index (χ3n) is 2.58. The van der Waals surface area contributed by atoms with Gasteiger partial charge in [0.2, 0.25) is 0 Å². The minimum absolute atomic E-state index is 0.0810. The van der Waals surface area contributed by atoms with Crippen molar-refractivity contribution in [3.8, 4) is 0 Å². The number of nitrogens with two attached hydrogens (primary N) is 2. The van der Waals surface area contributed by atoms with Crippen LogP contribution in [0.5, 0.6) is 0 Å². The molecular formula is C10H8N10O2. The summed E-state index contributed by atoms with van der Waals surface area (Å²) < 4.78 is 0. The number of nitrogens with one attached hydrogen (secondary N) is 2. The fourth-order valence-electron chi connectivity index (χ4n) is 1.67. The normalized spacial score (nSPS) is 15.6. The minimum Gasteiger partial charge on any atom is -0.383 e. The molecule has 2 amide bonds. The fraction of sp³-hybridized carbons (Fsp3) is 0. The topological polar surface area (TPSA) is 193 Å². The lowest BCUT2D eigenvalue weighted by Crippen LogP contribution is -2.32. The first-order valence-electron chi connectivity index (χ1n) is 5.81. The average Bonchev–Trinajstić information content (AvgIpc) is 3.07. The Morgan fingerprint density at radius 2 is 1.95 bits per heavy atom. The summed E-state index contributed by atoms with van der Waals surface area (Å²) in [5.74, 6) is 0.595. The summed E-state index contributed by atoms with van der Waals surface area (Å²) in [6, 6.07) is -0.629. The van der Waals surface area contributed by atoms with Crippen molar-refractivity contribution in [3.63, 3.8) is 0 Å². The molecule has 0 aliphatic carbocycles. The van der Waals surface area contributed by atoms with E-state index in [1.807, 2.05) is 0 Å². The average molecular weight is 300 g/mol. The predicted octanol–water partition coefficient (Wildman–Crippen LogP) is -1.41. The number of H-pyrrole nitrogens is 2. The number of amidine groups is 2. The summed E-state index contributed by atoms with van der Waals surface area (Å²) in [7, 11) is 0. The molecule has 2 aliphatic rings. The van der Waals surface area contributed by atoms with Gasteiger partial charge in [-0.15, -0.1) is 0 Å². The van der Waals surface area contributed by atoms with Gasteiger partial charge in [-0.1, -0.05) is 0 Å². The van der Waals surface area contributed by atoms with Crippen LogP contribution >= 0.6 is 0 Å². The van der Waals surface area contributed by atoms with Crippen LogP contribution in [-0.2, 0) is 0 Å². The highest BCUT2D eigenvalue weighted by molar-refractivity contribution is 6.72. The van der Waals surface area contributed by atoms with Crippen LogP contribution in [-0.4, -0.2) is 49.7 Å². The van der Waals surface area contributed by atoms with E-state index in [0.29, 0.717) is 16.9 Å². The van der Waals surface area contributed by atoms with Crippen molar-refractivity contribution in [1.82, 2.24) is 19.9 Å². The number of anilines is 1. The van der Waals surface area contributed by atoms with E-state index in [-0.39, 0.29) is 17.5 Å². The molecule has 0 saturated carbocycles. The maximum Gasteiger partial charge on any atom is 0.371 e. The third kappa shape index (κ3) is 2.35. The summed E-state index contributed by atoms with van der Waals surface area (Å²) in [4.78, 5) is 48.1. The maximum atomic E-state index is 10.7. The molecule has 2 aromatic heterocycles. The van der Waals surface area contributed by atoms with Crippen LogP contribution in [0.25, 0.3) is 11.2 Å². The van der Waals surface area contributed by atoms with E-state index in [0.717, 1.165) is 0 Å². The summed E-state index contributed by atoms with van der Waals surface area (Å²) in [6.07, 6.45) is 2.72. The Kier molecular flexibility index (Phi) is 3.02. The van der Waals surface area contributed by atoms with Gasteiger partial charge in [-0.2, -0.15) is 15.0 Å². The second-order valence-electron chi connectivity index (χ2n) is 3.99. The lowest BCUT2D eigenvalue weighted by molar-refractivity contribution is 0.257. The fourth-order valence-corrected chi connectivity index (χ4v) is 1.67. The number of nitrogen functional groups attached to an aromatic ring is 1. The van der Waals surface area contributed by atoms with Gasteiger partial charge in [-0.05, 0) is 0 Å². The van der Waals surface area contributed by atoms with Crippen LogP contribution in [0.2, 0.25) is 0 Å². The first kappa shape index (κ1) is 13.3. The zero-order chi connectivity index (χ0) is 15.7. The number of fused-ring (bicyclic) bond motifs is 2. The van der Waals surface area contributed by atoms with Gasteiger partial charge in [0.25, 0.3) is 0 Å². The monoisotopic (exact) mass is 300 g/mol. The molecule has 22 heavy (non-hydrogen) atoms. The molecule has 2 aliphatic heterocycles. The van der Waals surface area contributed by atoms with Gasteiger partial charge in [0.05, 0.1) is 6.33 Å². The van der Waals surface area contributed by atoms with Crippen LogP contribution < -0.4 is 17.2 Å². The Morgan fingerprint density at radius 1 is 1.14 bits per heavy atom. The predicted molar refractivity (Wildman–Crippen MR) is 79.3 cm³/mol. The van der Waals surface area contributed by atoms with E-state index in [9.17, 15) is 9.59 Å². The van der Waals surface area contributed by atoms with Gasteiger partial charge in [-0.25, -0.2) is 24.6 Å². The molecule has 0 fully saturated rings. The van der Waals surface area contributed by atoms with Crippen molar-refractivity contribution in [2.45, 2.75) is 0 Å². The SMILES string of the molecule is NC1=NC(=O)N=C2N=CN=C12.Nc1[nH]c(=O)nc2nc[nH]c12. The molecule has 0 atom stereocenters. The highest BCUT2D eigenvalue weighted by atomic mass is 16.2. The number of aliphatic imine (C=N–C) groups is 4. The second-order valence-corrected chi connectivity index (χ2v) is 3.99. The molecule has 0 saturated heterocycles. The molecule has 0 spiro atoms. The van der Waals surface area contributed by atoms with Gasteiger partial charge in [0, 0.05) is 0 Å². The van der Waals surface area contributed by atoms with Gasteiger partial charge in [0.15, 0.2) is 23.0 Å². The minimum atomic E-state index is -0.629. The van der Waals surface area contributed by atoms with Crippen LogP contribution in [0.3, 0.4) is 0 Å². The molecule has 4 heterocycles. The molecule has 0 radical (unpaired) electrons. The lowest BCUT2D eigenvalue weighted by Gasteiger charge is -2.02. The molecular weight excluding hydrogens is 292 g/mol. The first-order chi connectivity index (χ1) is 10.5. The van der Waals surface area contributed by atoms with Gasteiger partial charge in [0.1, 0.15) is 17.7 Å². The Hall–Kier alpha value is -3.70. The summed E-state index contributed by atoms with van der Waals surface area (Å²) in [5.41, 5.74) is 11.6. The number of hydrogen-bond acceptors (Lipinski definition) is 8. The zero-order valence-electron chi connectivity index (χ0n) is 10.8. The van der Waals surface area contributed by atoms with E-state index in [1.165, 1.54) is 12.7 Å². The number of amides is 2. The highest BCUT2D eigenvalue weighted by Gasteiger charge is 2.22. The van der Waals surface area contributed by atoms with Gasteiger partial charge >= 0.3 is 11.7 Å². The number of rotatable bonds is 0. The quantitative estimate of drug-likeness (QED) is 0.461. The van der Waals surface area contributed by atoms with Crippen molar-refractivity contribution in [2.24, 2.45) is 25.7 Å². The number of nitrogens with zero attached hydrogens (tertiary/aromatic N) is 6. The number of hydrogen-bond donors (Lipinski definition) is 4. The molecule has 110 valence electrons. The smallest absolute Gasteiger partial charge is 0.371 e. The number of carbonyl (C=O) groups excluding carboxylic acids is 1. The molecule has 0 aromatic carbocycles. The Morgan fingerprint density at radius 3 is 2.77 bits per heavy atom. The Bertz CT molecular complexity index is 944. The van der Waals surface area contributed by atoms with E-state index in [1.54, 1.807) is 0 Å². The standard InChI is InChI=1S/C5H5N5O.C5H3N5O/c2*6-3-2-4(8-1-7-2)10-5(11)9-3/h1H,(H4,6,7,8,9,10,11);1H,(H2,6,9,11). The molecule has 0 unspecified atom stereocenters. The summed E-state index contributed by atoms with van der Waals surface area (Å²) in [5, 5.41) is 0. The number of carbonyl (C=O) groups is 1.